The first-order valence-electron chi connectivity index (χ1n) is 9.50. The van der Waals surface area contributed by atoms with Gasteiger partial charge in [0, 0.05) is 16.3 Å². The maximum atomic E-state index is 13.2. The van der Waals surface area contributed by atoms with Crippen LogP contribution in [0.5, 0.6) is 5.75 Å². The van der Waals surface area contributed by atoms with E-state index in [4.69, 9.17) is 22.1 Å². The molecule has 0 atom stereocenters. The summed E-state index contributed by atoms with van der Waals surface area (Å²) in [5, 5.41) is 9.70. The highest BCUT2D eigenvalue weighted by Crippen LogP contribution is 2.27. The third-order valence-corrected chi connectivity index (χ3v) is 4.75. The second-order valence-electron chi connectivity index (χ2n) is 6.81. The minimum absolute atomic E-state index is 0.140. The van der Waals surface area contributed by atoms with Crippen molar-refractivity contribution in [2.24, 2.45) is 5.73 Å². The average molecular weight is 434 g/mol. The molecule has 2 amide bonds. The van der Waals surface area contributed by atoms with Gasteiger partial charge in [-0.25, -0.2) is 0 Å². The topological polar surface area (TPSA) is 96.4 Å². The molecule has 0 fully saturated rings. The van der Waals surface area contributed by atoms with E-state index in [1.165, 1.54) is 6.07 Å². The lowest BCUT2D eigenvalue weighted by Crippen LogP contribution is -2.32. The molecule has 0 bridgehead atoms. The molecule has 0 heterocycles. The van der Waals surface area contributed by atoms with Crippen LogP contribution in [0.4, 0.5) is 5.69 Å². The predicted octanol–water partition coefficient (Wildman–Crippen LogP) is 3.85. The molecular weight excluding hydrogens is 414 g/mol. The van der Waals surface area contributed by atoms with Gasteiger partial charge < -0.3 is 15.4 Å². The Bertz CT molecular complexity index is 1130. The summed E-state index contributed by atoms with van der Waals surface area (Å²) in [6.07, 6.45) is 0.196. The van der Waals surface area contributed by atoms with Gasteiger partial charge in [0.1, 0.15) is 5.75 Å². The number of nitriles is 1. The zero-order valence-electron chi connectivity index (χ0n) is 16.6. The Balaban J connectivity index is 1.95. The standard InChI is InChI=1S/C24H20ClN3O3/c25-20-7-4-8-21(13-20)28(24(30)12-17-5-2-1-3-6-17)15-19-10-9-18(14-26)11-22(19)31-16-23(27)29/h1-11,13H,12,15-16H2,(H2,27,29). The first-order chi connectivity index (χ1) is 15.0. The number of nitrogens with zero attached hydrogens (tertiary/aromatic N) is 2. The number of anilines is 1. The lowest BCUT2D eigenvalue weighted by molar-refractivity contribution is -0.120. The fraction of sp³-hybridized carbons (Fsp3) is 0.125. The highest BCUT2D eigenvalue weighted by molar-refractivity contribution is 6.30. The molecule has 6 nitrogen and oxygen atoms in total. The molecule has 3 aromatic rings. The van der Waals surface area contributed by atoms with E-state index in [2.05, 4.69) is 0 Å². The number of primary amides is 1. The lowest BCUT2D eigenvalue weighted by Gasteiger charge is -2.24. The predicted molar refractivity (Wildman–Crippen MR) is 119 cm³/mol. The van der Waals surface area contributed by atoms with Crippen molar-refractivity contribution in [1.82, 2.24) is 0 Å². The van der Waals surface area contributed by atoms with Crippen LogP contribution in [-0.4, -0.2) is 18.4 Å². The molecule has 0 saturated heterocycles. The maximum Gasteiger partial charge on any atom is 0.255 e. The highest BCUT2D eigenvalue weighted by Gasteiger charge is 2.19. The summed E-state index contributed by atoms with van der Waals surface area (Å²) in [4.78, 5) is 26.0. The molecule has 3 aromatic carbocycles. The number of amides is 2. The van der Waals surface area contributed by atoms with Gasteiger partial charge in [-0.15, -0.1) is 0 Å². The van der Waals surface area contributed by atoms with Crippen molar-refractivity contribution in [2.75, 3.05) is 11.5 Å². The second-order valence-corrected chi connectivity index (χ2v) is 7.25. The SMILES string of the molecule is N#Cc1ccc(CN(C(=O)Cc2ccccc2)c2cccc(Cl)c2)c(OCC(N)=O)c1. The summed E-state index contributed by atoms with van der Waals surface area (Å²) in [5.41, 5.74) is 7.69. The average Bonchev–Trinajstić information content (AvgIpc) is 2.77. The first-order valence-corrected chi connectivity index (χ1v) is 9.88. The van der Waals surface area contributed by atoms with E-state index < -0.39 is 5.91 Å². The number of hydrogen-bond donors (Lipinski definition) is 1. The Morgan fingerprint density at radius 1 is 1.03 bits per heavy atom. The van der Waals surface area contributed by atoms with Gasteiger partial charge in [-0.1, -0.05) is 54.1 Å². The van der Waals surface area contributed by atoms with Crippen molar-refractivity contribution < 1.29 is 14.3 Å². The van der Waals surface area contributed by atoms with Crippen LogP contribution in [0.15, 0.2) is 72.8 Å². The number of carbonyl (C=O) groups is 2. The molecule has 7 heteroatoms. The number of rotatable bonds is 8. The number of benzene rings is 3. The second kappa shape index (κ2) is 10.3. The molecule has 31 heavy (non-hydrogen) atoms. The van der Waals surface area contributed by atoms with Crippen molar-refractivity contribution >= 4 is 29.1 Å². The Morgan fingerprint density at radius 3 is 2.48 bits per heavy atom. The molecule has 2 N–H and O–H groups in total. The highest BCUT2D eigenvalue weighted by atomic mass is 35.5. The smallest absolute Gasteiger partial charge is 0.255 e. The summed E-state index contributed by atoms with van der Waals surface area (Å²) in [6.45, 7) is -0.178. The van der Waals surface area contributed by atoms with Gasteiger partial charge in [0.2, 0.25) is 5.91 Å². The summed E-state index contributed by atoms with van der Waals surface area (Å²) in [7, 11) is 0. The van der Waals surface area contributed by atoms with E-state index in [0.717, 1.165) is 5.56 Å². The number of nitrogens with two attached hydrogens (primary N) is 1. The molecule has 0 aromatic heterocycles. The molecule has 156 valence electrons. The zero-order chi connectivity index (χ0) is 22.2. The number of ether oxygens (including phenoxy) is 1. The fourth-order valence-corrected chi connectivity index (χ4v) is 3.23. The van der Waals surface area contributed by atoms with Gasteiger partial charge in [0.05, 0.1) is 24.6 Å². The van der Waals surface area contributed by atoms with E-state index >= 15 is 0 Å². The van der Waals surface area contributed by atoms with Crippen LogP contribution in [0.25, 0.3) is 0 Å². The Kier molecular flexibility index (Phi) is 7.26. The number of hydrogen-bond acceptors (Lipinski definition) is 4. The van der Waals surface area contributed by atoms with E-state index in [1.54, 1.807) is 41.3 Å². The van der Waals surface area contributed by atoms with Gasteiger partial charge in [0.25, 0.3) is 5.91 Å². The van der Waals surface area contributed by atoms with Crippen molar-refractivity contribution in [3.05, 3.63) is 94.5 Å². The van der Waals surface area contributed by atoms with E-state index in [9.17, 15) is 14.9 Å². The van der Waals surface area contributed by atoms with Crippen LogP contribution < -0.4 is 15.4 Å². The van der Waals surface area contributed by atoms with E-state index in [0.29, 0.717) is 27.6 Å². The van der Waals surface area contributed by atoms with Crippen LogP contribution in [0, 0.1) is 11.3 Å². The molecule has 0 unspecified atom stereocenters. The Hall–Kier alpha value is -3.82. The molecule has 0 aliphatic heterocycles. The minimum Gasteiger partial charge on any atom is -0.483 e. The molecule has 0 spiro atoms. The summed E-state index contributed by atoms with van der Waals surface area (Å²) < 4.78 is 5.51. The number of halogens is 1. The van der Waals surface area contributed by atoms with Crippen molar-refractivity contribution in [3.8, 4) is 11.8 Å². The van der Waals surface area contributed by atoms with E-state index in [1.807, 2.05) is 36.4 Å². The van der Waals surface area contributed by atoms with Crippen LogP contribution in [-0.2, 0) is 22.6 Å². The summed E-state index contributed by atoms with van der Waals surface area (Å²) >= 11 is 6.16. The van der Waals surface area contributed by atoms with Gasteiger partial charge >= 0.3 is 0 Å². The maximum absolute atomic E-state index is 13.2. The quantitative estimate of drug-likeness (QED) is 0.583. The molecule has 0 radical (unpaired) electrons. The summed E-state index contributed by atoms with van der Waals surface area (Å²) in [6, 6.07) is 23.3. The largest absolute Gasteiger partial charge is 0.483 e. The van der Waals surface area contributed by atoms with Crippen molar-refractivity contribution in [1.29, 1.82) is 5.26 Å². The normalized spacial score (nSPS) is 10.2. The summed E-state index contributed by atoms with van der Waals surface area (Å²) in [5.74, 6) is -0.462. The van der Waals surface area contributed by atoms with Crippen LogP contribution in [0.3, 0.4) is 0 Å². The van der Waals surface area contributed by atoms with Gasteiger partial charge in [-0.2, -0.15) is 5.26 Å². The Morgan fingerprint density at radius 2 is 1.81 bits per heavy atom. The molecule has 0 aliphatic carbocycles. The Labute approximate surface area is 185 Å². The van der Waals surface area contributed by atoms with Crippen molar-refractivity contribution in [3.63, 3.8) is 0 Å². The molecule has 0 saturated carbocycles. The van der Waals surface area contributed by atoms with Crippen molar-refractivity contribution in [2.45, 2.75) is 13.0 Å². The molecule has 3 rings (SSSR count). The third kappa shape index (κ3) is 6.08. The third-order valence-electron chi connectivity index (χ3n) is 4.51. The first kappa shape index (κ1) is 21.9. The van der Waals surface area contributed by atoms with Crippen LogP contribution in [0.1, 0.15) is 16.7 Å². The fourth-order valence-electron chi connectivity index (χ4n) is 3.04. The minimum atomic E-state index is -0.639. The van der Waals surface area contributed by atoms with Gasteiger partial charge in [0.15, 0.2) is 6.61 Å². The molecular formula is C24H20ClN3O3. The lowest BCUT2D eigenvalue weighted by atomic mass is 10.1. The zero-order valence-corrected chi connectivity index (χ0v) is 17.4. The van der Waals surface area contributed by atoms with E-state index in [-0.39, 0.29) is 25.5 Å². The molecule has 0 aliphatic rings. The van der Waals surface area contributed by atoms with Gasteiger partial charge in [-0.05, 0) is 35.9 Å². The number of carbonyl (C=O) groups excluding carboxylic acids is 2. The monoisotopic (exact) mass is 433 g/mol. The van der Waals surface area contributed by atoms with Gasteiger partial charge in [-0.3, -0.25) is 9.59 Å². The van der Waals surface area contributed by atoms with Crippen LogP contribution in [0.2, 0.25) is 5.02 Å². The van der Waals surface area contributed by atoms with Crippen LogP contribution >= 0.6 is 11.6 Å².